The number of hydrogen-bond acceptors (Lipinski definition) is 3. The summed E-state index contributed by atoms with van der Waals surface area (Å²) >= 11 is 7.57. The third-order valence-electron chi connectivity index (χ3n) is 3.14. The number of rotatable bonds is 2. The lowest BCUT2D eigenvalue weighted by atomic mass is 10.1. The Balaban J connectivity index is 1.95. The van der Waals surface area contributed by atoms with E-state index in [2.05, 4.69) is 22.5 Å². The Morgan fingerprint density at radius 2 is 2.41 bits per heavy atom. The second-order valence-electron chi connectivity index (χ2n) is 4.33. The predicted molar refractivity (Wildman–Crippen MR) is 71.5 cm³/mol. The third-order valence-corrected chi connectivity index (χ3v) is 4.40. The van der Waals surface area contributed by atoms with Gasteiger partial charge in [-0.15, -0.1) is 11.3 Å². The molecule has 0 radical (unpaired) electrons. The molecule has 2 aromatic rings. The zero-order valence-corrected chi connectivity index (χ0v) is 11.2. The Kier molecular flexibility index (Phi) is 2.94. The molecule has 1 aliphatic rings. The van der Waals surface area contributed by atoms with Crippen LogP contribution in [-0.2, 0) is 7.05 Å². The van der Waals surface area contributed by atoms with E-state index >= 15 is 0 Å². The van der Waals surface area contributed by atoms with Crippen LogP contribution in [0.25, 0.3) is 10.6 Å². The molecule has 1 fully saturated rings. The van der Waals surface area contributed by atoms with Gasteiger partial charge in [0.1, 0.15) is 0 Å². The summed E-state index contributed by atoms with van der Waals surface area (Å²) in [6.45, 7) is 1.10. The first-order valence-electron chi connectivity index (χ1n) is 5.77. The highest BCUT2D eigenvalue weighted by Gasteiger charge is 2.20. The zero-order chi connectivity index (χ0) is 11.8. The van der Waals surface area contributed by atoms with E-state index in [4.69, 9.17) is 11.6 Å². The maximum absolute atomic E-state index is 5.97. The maximum Gasteiger partial charge on any atom is 0.0935 e. The van der Waals surface area contributed by atoms with Gasteiger partial charge in [0.2, 0.25) is 0 Å². The molecule has 0 saturated carbocycles. The fraction of sp³-hybridized carbons (Fsp3) is 0.417. The largest absolute Gasteiger partial charge is 0.309 e. The van der Waals surface area contributed by atoms with E-state index in [9.17, 15) is 0 Å². The SMILES string of the molecule is Cn1nc(C2CCCN2)cc1-c1ccc(Cl)s1. The highest BCUT2D eigenvalue weighted by atomic mass is 35.5. The molecule has 1 atom stereocenters. The van der Waals surface area contributed by atoms with E-state index in [1.165, 1.54) is 17.7 Å². The highest BCUT2D eigenvalue weighted by molar-refractivity contribution is 7.19. The number of nitrogens with zero attached hydrogens (tertiary/aromatic N) is 2. The summed E-state index contributed by atoms with van der Waals surface area (Å²) < 4.78 is 2.76. The van der Waals surface area contributed by atoms with E-state index in [1.807, 2.05) is 17.8 Å². The van der Waals surface area contributed by atoms with Crippen LogP contribution in [-0.4, -0.2) is 16.3 Å². The van der Waals surface area contributed by atoms with Gasteiger partial charge in [0.25, 0.3) is 0 Å². The monoisotopic (exact) mass is 267 g/mol. The lowest BCUT2D eigenvalue weighted by molar-refractivity contribution is 0.607. The Bertz CT molecular complexity index is 526. The van der Waals surface area contributed by atoms with Crippen LogP contribution in [0.3, 0.4) is 0 Å². The van der Waals surface area contributed by atoms with Crippen molar-refractivity contribution in [1.82, 2.24) is 15.1 Å². The first kappa shape index (κ1) is 11.3. The molecule has 17 heavy (non-hydrogen) atoms. The summed E-state index contributed by atoms with van der Waals surface area (Å²) in [5.41, 5.74) is 2.29. The zero-order valence-electron chi connectivity index (χ0n) is 9.61. The molecule has 0 bridgehead atoms. The van der Waals surface area contributed by atoms with Crippen molar-refractivity contribution < 1.29 is 0 Å². The van der Waals surface area contributed by atoms with Crippen molar-refractivity contribution in [2.75, 3.05) is 6.54 Å². The van der Waals surface area contributed by atoms with Gasteiger partial charge in [0, 0.05) is 7.05 Å². The molecule has 1 N–H and O–H groups in total. The third kappa shape index (κ3) is 2.12. The number of aromatic nitrogens is 2. The molecule has 2 aromatic heterocycles. The molecule has 3 nitrogen and oxygen atoms in total. The number of halogens is 1. The predicted octanol–water partition coefficient (Wildman–Crippen LogP) is 3.23. The van der Waals surface area contributed by atoms with Crippen molar-refractivity contribution in [2.45, 2.75) is 18.9 Å². The quantitative estimate of drug-likeness (QED) is 0.905. The second kappa shape index (κ2) is 4.44. The topological polar surface area (TPSA) is 29.9 Å². The molecule has 0 aromatic carbocycles. The van der Waals surface area contributed by atoms with Crippen LogP contribution in [0.2, 0.25) is 4.34 Å². The van der Waals surface area contributed by atoms with E-state index < -0.39 is 0 Å². The van der Waals surface area contributed by atoms with Crippen LogP contribution in [0.4, 0.5) is 0 Å². The fourth-order valence-corrected chi connectivity index (χ4v) is 3.37. The Morgan fingerprint density at radius 1 is 1.53 bits per heavy atom. The minimum Gasteiger partial charge on any atom is -0.309 e. The van der Waals surface area contributed by atoms with Gasteiger partial charge in [-0.25, -0.2) is 0 Å². The lowest BCUT2D eigenvalue weighted by Crippen LogP contribution is -2.13. The minimum atomic E-state index is 0.422. The van der Waals surface area contributed by atoms with E-state index in [1.54, 1.807) is 11.3 Å². The number of aryl methyl sites for hydroxylation is 1. The molecule has 90 valence electrons. The van der Waals surface area contributed by atoms with Crippen LogP contribution in [0.15, 0.2) is 18.2 Å². The highest BCUT2D eigenvalue weighted by Crippen LogP contribution is 2.33. The standard InChI is InChI=1S/C12H14ClN3S/c1-16-10(11-4-5-12(13)17-11)7-9(15-16)8-3-2-6-14-8/h4-5,7-8,14H,2-3,6H2,1H3. The number of nitrogens with one attached hydrogen (secondary N) is 1. The minimum absolute atomic E-state index is 0.422. The number of hydrogen-bond donors (Lipinski definition) is 1. The van der Waals surface area contributed by atoms with Gasteiger partial charge in [-0.1, -0.05) is 11.6 Å². The Hall–Kier alpha value is -0.840. The molecule has 3 heterocycles. The van der Waals surface area contributed by atoms with Crippen molar-refractivity contribution in [3.63, 3.8) is 0 Å². The first-order chi connectivity index (χ1) is 8.24. The van der Waals surface area contributed by atoms with Crippen LogP contribution in [0, 0.1) is 0 Å². The molecule has 0 spiro atoms. The lowest BCUT2D eigenvalue weighted by Gasteiger charge is -2.04. The summed E-state index contributed by atoms with van der Waals surface area (Å²) in [6.07, 6.45) is 2.42. The smallest absolute Gasteiger partial charge is 0.0935 e. The van der Waals surface area contributed by atoms with Crippen LogP contribution >= 0.6 is 22.9 Å². The number of thiophene rings is 1. The summed E-state index contributed by atoms with van der Waals surface area (Å²) in [5.74, 6) is 0. The van der Waals surface area contributed by atoms with Gasteiger partial charge in [-0.05, 0) is 37.6 Å². The van der Waals surface area contributed by atoms with Crippen molar-refractivity contribution in [3.8, 4) is 10.6 Å². The summed E-state index contributed by atoms with van der Waals surface area (Å²) in [5, 5.41) is 8.07. The van der Waals surface area contributed by atoms with Crippen LogP contribution in [0.5, 0.6) is 0 Å². The van der Waals surface area contributed by atoms with Crippen molar-refractivity contribution in [1.29, 1.82) is 0 Å². The van der Waals surface area contributed by atoms with Gasteiger partial charge in [0.15, 0.2) is 0 Å². The summed E-state index contributed by atoms with van der Waals surface area (Å²) in [6, 6.07) is 6.58. The molecular weight excluding hydrogens is 254 g/mol. The fourth-order valence-electron chi connectivity index (χ4n) is 2.28. The van der Waals surface area contributed by atoms with Crippen molar-refractivity contribution in [3.05, 3.63) is 28.2 Å². The van der Waals surface area contributed by atoms with Gasteiger partial charge in [-0.2, -0.15) is 5.10 Å². The normalized spacial score (nSPS) is 20.0. The Morgan fingerprint density at radius 3 is 3.06 bits per heavy atom. The Labute approximate surface area is 109 Å². The molecular formula is C12H14ClN3S. The van der Waals surface area contributed by atoms with Gasteiger partial charge in [0.05, 0.1) is 26.6 Å². The van der Waals surface area contributed by atoms with E-state index in [0.717, 1.165) is 22.3 Å². The average molecular weight is 268 g/mol. The molecule has 1 aliphatic heterocycles. The molecule has 1 unspecified atom stereocenters. The molecule has 3 rings (SSSR count). The van der Waals surface area contributed by atoms with Crippen molar-refractivity contribution >= 4 is 22.9 Å². The van der Waals surface area contributed by atoms with Gasteiger partial charge < -0.3 is 5.32 Å². The van der Waals surface area contributed by atoms with Crippen LogP contribution < -0.4 is 5.32 Å². The van der Waals surface area contributed by atoms with Gasteiger partial charge >= 0.3 is 0 Å². The second-order valence-corrected chi connectivity index (χ2v) is 6.05. The molecule has 0 amide bonds. The van der Waals surface area contributed by atoms with Gasteiger partial charge in [-0.3, -0.25) is 4.68 Å². The molecule has 5 heteroatoms. The van der Waals surface area contributed by atoms with Crippen LogP contribution in [0.1, 0.15) is 24.6 Å². The summed E-state index contributed by atoms with van der Waals surface area (Å²) in [4.78, 5) is 1.18. The maximum atomic E-state index is 5.97. The molecule has 0 aliphatic carbocycles. The van der Waals surface area contributed by atoms with E-state index in [0.29, 0.717) is 6.04 Å². The first-order valence-corrected chi connectivity index (χ1v) is 6.96. The van der Waals surface area contributed by atoms with E-state index in [-0.39, 0.29) is 0 Å². The van der Waals surface area contributed by atoms with Crippen molar-refractivity contribution in [2.24, 2.45) is 7.05 Å². The summed E-state index contributed by atoms with van der Waals surface area (Å²) in [7, 11) is 1.99. The molecule has 1 saturated heterocycles. The average Bonchev–Trinajstić information content (AvgIpc) is 2.97.